The molecule has 0 aromatic carbocycles. The first kappa shape index (κ1) is 9.64. The van der Waals surface area contributed by atoms with Gasteiger partial charge < -0.3 is 5.32 Å². The summed E-state index contributed by atoms with van der Waals surface area (Å²) in [6.45, 7) is 5.99. The maximum Gasteiger partial charge on any atom is 0.252 e. The molecule has 82 valence electrons. The number of rotatable bonds is 1. The number of amides is 1. The molecule has 0 fully saturated rings. The summed E-state index contributed by atoms with van der Waals surface area (Å²) in [5.74, 6) is 0.554. The summed E-state index contributed by atoms with van der Waals surface area (Å²) in [6.07, 6.45) is 8.38. The van der Waals surface area contributed by atoms with E-state index in [0.717, 1.165) is 11.1 Å². The van der Waals surface area contributed by atoms with E-state index in [9.17, 15) is 4.79 Å². The van der Waals surface area contributed by atoms with Gasteiger partial charge >= 0.3 is 0 Å². The first-order valence-corrected chi connectivity index (χ1v) is 5.64. The van der Waals surface area contributed by atoms with E-state index in [1.165, 1.54) is 11.1 Å². The van der Waals surface area contributed by atoms with Gasteiger partial charge in [0.05, 0.1) is 0 Å². The summed E-state index contributed by atoms with van der Waals surface area (Å²) < 4.78 is 0. The largest absolute Gasteiger partial charge is 0.347 e. The standard InChI is InChI=1S/C14H15NO/c1-14(2,3)15-13(16)10-5-4-9-11-6-8(11)7-12(9)10/h4-7,11H,1-3H3,(H,15,16). The van der Waals surface area contributed by atoms with Crippen LogP contribution in [0.5, 0.6) is 0 Å². The smallest absolute Gasteiger partial charge is 0.252 e. The Bertz CT molecular complexity index is 509. The SMILES string of the molecule is CC(C)(C)NC(=O)C1=CC=C2C1=CC1=CC12. The van der Waals surface area contributed by atoms with Crippen LogP contribution in [-0.4, -0.2) is 11.4 Å². The molecule has 0 bridgehead atoms. The fourth-order valence-electron chi connectivity index (χ4n) is 2.26. The highest BCUT2D eigenvalue weighted by atomic mass is 16.1. The summed E-state index contributed by atoms with van der Waals surface area (Å²) in [6, 6.07) is 0. The van der Waals surface area contributed by atoms with Crippen LogP contribution in [0.1, 0.15) is 20.8 Å². The fourth-order valence-corrected chi connectivity index (χ4v) is 2.26. The molecule has 0 spiro atoms. The lowest BCUT2D eigenvalue weighted by Gasteiger charge is -2.21. The number of hydrogen-bond acceptors (Lipinski definition) is 1. The Morgan fingerprint density at radius 1 is 1.31 bits per heavy atom. The van der Waals surface area contributed by atoms with Gasteiger partial charge in [0.2, 0.25) is 0 Å². The number of carbonyl (C=O) groups is 1. The van der Waals surface area contributed by atoms with Crippen LogP contribution in [0.15, 0.2) is 46.6 Å². The molecule has 0 aromatic rings. The normalized spacial score (nSPS) is 25.1. The van der Waals surface area contributed by atoms with E-state index < -0.39 is 0 Å². The van der Waals surface area contributed by atoms with Crippen molar-refractivity contribution in [2.24, 2.45) is 5.92 Å². The van der Waals surface area contributed by atoms with Crippen molar-refractivity contribution in [1.82, 2.24) is 5.32 Å². The molecule has 0 heterocycles. The molecule has 1 N–H and O–H groups in total. The Hall–Kier alpha value is -1.57. The van der Waals surface area contributed by atoms with E-state index in [1.54, 1.807) is 0 Å². The molecule has 2 nitrogen and oxygen atoms in total. The first-order chi connectivity index (χ1) is 7.46. The topological polar surface area (TPSA) is 29.1 Å². The predicted octanol–water partition coefficient (Wildman–Crippen LogP) is 2.26. The van der Waals surface area contributed by atoms with E-state index in [4.69, 9.17) is 0 Å². The van der Waals surface area contributed by atoms with Gasteiger partial charge in [0.1, 0.15) is 0 Å². The molecule has 1 amide bonds. The van der Waals surface area contributed by atoms with Crippen LogP contribution in [0.25, 0.3) is 0 Å². The van der Waals surface area contributed by atoms with Gasteiger partial charge in [-0.15, -0.1) is 0 Å². The molecule has 2 heteroatoms. The Morgan fingerprint density at radius 3 is 2.75 bits per heavy atom. The average molecular weight is 213 g/mol. The Labute approximate surface area is 95.4 Å². The van der Waals surface area contributed by atoms with Crippen molar-refractivity contribution in [2.75, 3.05) is 0 Å². The van der Waals surface area contributed by atoms with Crippen LogP contribution in [-0.2, 0) is 4.79 Å². The summed E-state index contributed by atoms with van der Waals surface area (Å²) in [5.41, 5.74) is 4.44. The summed E-state index contributed by atoms with van der Waals surface area (Å²) in [4.78, 5) is 12.1. The molecular weight excluding hydrogens is 198 g/mol. The third kappa shape index (κ3) is 1.37. The van der Waals surface area contributed by atoms with Crippen molar-refractivity contribution >= 4 is 5.91 Å². The Balaban J connectivity index is 1.81. The second-order valence-corrected chi connectivity index (χ2v) is 5.61. The van der Waals surface area contributed by atoms with E-state index in [-0.39, 0.29) is 11.4 Å². The van der Waals surface area contributed by atoms with Gasteiger partial charge in [-0.1, -0.05) is 12.2 Å². The molecule has 3 rings (SSSR count). The number of carbonyl (C=O) groups excluding carboxylic acids is 1. The van der Waals surface area contributed by atoms with Crippen LogP contribution in [0.3, 0.4) is 0 Å². The summed E-state index contributed by atoms with van der Waals surface area (Å²) in [5, 5.41) is 3.00. The minimum absolute atomic E-state index is 0.0342. The van der Waals surface area contributed by atoms with E-state index >= 15 is 0 Å². The monoisotopic (exact) mass is 213 g/mol. The van der Waals surface area contributed by atoms with Crippen molar-refractivity contribution in [3.8, 4) is 0 Å². The fraction of sp³-hybridized carbons (Fsp3) is 0.357. The highest BCUT2D eigenvalue weighted by Gasteiger charge is 2.39. The van der Waals surface area contributed by atoms with Gasteiger partial charge in [-0.25, -0.2) is 0 Å². The molecular formula is C14H15NO. The lowest BCUT2D eigenvalue weighted by Crippen LogP contribution is -2.41. The number of hydrogen-bond donors (Lipinski definition) is 1. The third-order valence-corrected chi connectivity index (χ3v) is 3.02. The number of fused-ring (bicyclic) bond motifs is 3. The minimum Gasteiger partial charge on any atom is -0.347 e. The quantitative estimate of drug-likeness (QED) is 0.711. The lowest BCUT2D eigenvalue weighted by atomic mass is 10.0. The lowest BCUT2D eigenvalue weighted by molar-refractivity contribution is -0.118. The minimum atomic E-state index is -0.179. The predicted molar refractivity (Wildman–Crippen MR) is 63.7 cm³/mol. The van der Waals surface area contributed by atoms with Crippen molar-refractivity contribution in [2.45, 2.75) is 26.3 Å². The molecule has 1 unspecified atom stereocenters. The maximum absolute atomic E-state index is 12.1. The zero-order valence-electron chi connectivity index (χ0n) is 9.79. The maximum atomic E-state index is 12.1. The second kappa shape index (κ2) is 2.76. The molecule has 0 radical (unpaired) electrons. The van der Waals surface area contributed by atoms with Crippen LogP contribution in [0.2, 0.25) is 0 Å². The Kier molecular flexibility index (Phi) is 1.66. The molecule has 16 heavy (non-hydrogen) atoms. The zero-order valence-corrected chi connectivity index (χ0v) is 9.79. The van der Waals surface area contributed by atoms with Crippen LogP contribution >= 0.6 is 0 Å². The highest BCUT2D eigenvalue weighted by molar-refractivity contribution is 6.02. The van der Waals surface area contributed by atoms with E-state index in [2.05, 4.69) is 23.5 Å². The molecule has 0 saturated heterocycles. The molecule has 0 saturated carbocycles. The number of allylic oxidation sites excluding steroid dienone is 6. The van der Waals surface area contributed by atoms with Crippen LogP contribution in [0, 0.1) is 5.92 Å². The van der Waals surface area contributed by atoms with Gasteiger partial charge in [0.15, 0.2) is 0 Å². The van der Waals surface area contributed by atoms with Crippen LogP contribution < -0.4 is 5.32 Å². The van der Waals surface area contributed by atoms with Crippen molar-refractivity contribution < 1.29 is 4.79 Å². The van der Waals surface area contributed by atoms with Gasteiger partial charge in [-0.2, -0.15) is 0 Å². The highest BCUT2D eigenvalue weighted by Crippen LogP contribution is 2.51. The van der Waals surface area contributed by atoms with Gasteiger partial charge in [0, 0.05) is 17.0 Å². The molecule has 0 aliphatic heterocycles. The second-order valence-electron chi connectivity index (χ2n) is 5.61. The third-order valence-electron chi connectivity index (χ3n) is 3.02. The average Bonchev–Trinajstić information content (AvgIpc) is 2.64. The molecule has 1 atom stereocenters. The van der Waals surface area contributed by atoms with Crippen molar-refractivity contribution in [1.29, 1.82) is 0 Å². The molecule has 0 aromatic heterocycles. The molecule has 3 aliphatic rings. The van der Waals surface area contributed by atoms with E-state index in [0.29, 0.717) is 5.92 Å². The van der Waals surface area contributed by atoms with Gasteiger partial charge in [-0.3, -0.25) is 4.79 Å². The van der Waals surface area contributed by atoms with Crippen LogP contribution in [0.4, 0.5) is 0 Å². The summed E-state index contributed by atoms with van der Waals surface area (Å²) in [7, 11) is 0. The van der Waals surface area contributed by atoms with E-state index in [1.807, 2.05) is 26.8 Å². The molecule has 3 aliphatic carbocycles. The first-order valence-electron chi connectivity index (χ1n) is 5.64. The number of nitrogens with one attached hydrogen (secondary N) is 1. The van der Waals surface area contributed by atoms with Crippen molar-refractivity contribution in [3.63, 3.8) is 0 Å². The van der Waals surface area contributed by atoms with Gasteiger partial charge in [0.25, 0.3) is 5.91 Å². The Morgan fingerprint density at radius 2 is 2.06 bits per heavy atom. The van der Waals surface area contributed by atoms with Crippen molar-refractivity contribution in [3.05, 3.63) is 46.6 Å². The summed E-state index contributed by atoms with van der Waals surface area (Å²) >= 11 is 0. The zero-order chi connectivity index (χ0) is 11.5. The van der Waals surface area contributed by atoms with Gasteiger partial charge in [-0.05, 0) is 49.6 Å².